The summed E-state index contributed by atoms with van der Waals surface area (Å²) < 4.78 is 10.7. The Labute approximate surface area is 128 Å². The van der Waals surface area contributed by atoms with Crippen LogP contribution in [0.1, 0.15) is 25.8 Å². The third-order valence-electron chi connectivity index (χ3n) is 4.30. The van der Waals surface area contributed by atoms with Crippen LogP contribution >= 0.6 is 0 Å². The van der Waals surface area contributed by atoms with Gasteiger partial charge in [0.1, 0.15) is 0 Å². The average Bonchev–Trinajstić information content (AvgIpc) is 3.15. The molecule has 0 aromatic heterocycles. The van der Waals surface area contributed by atoms with E-state index in [1.165, 1.54) is 0 Å². The molecule has 0 unspecified atom stereocenters. The minimum atomic E-state index is -0.893. The second-order valence-electron chi connectivity index (χ2n) is 6.46. The van der Waals surface area contributed by atoms with Crippen LogP contribution in [0.2, 0.25) is 0 Å². The van der Waals surface area contributed by atoms with Gasteiger partial charge in [-0.05, 0) is 24.1 Å². The maximum absolute atomic E-state index is 12.0. The van der Waals surface area contributed by atoms with Crippen LogP contribution in [0.3, 0.4) is 0 Å². The van der Waals surface area contributed by atoms with Gasteiger partial charge >= 0.3 is 5.97 Å². The number of ether oxygens (including phenoxy) is 2. The lowest BCUT2D eigenvalue weighted by molar-refractivity contribution is -0.140. The molecule has 1 saturated carbocycles. The first-order valence-corrected chi connectivity index (χ1v) is 7.29. The van der Waals surface area contributed by atoms with Crippen LogP contribution < -0.4 is 14.8 Å². The van der Waals surface area contributed by atoms with Crippen molar-refractivity contribution in [1.29, 1.82) is 0 Å². The number of hydrogen-bond donors (Lipinski definition) is 2. The van der Waals surface area contributed by atoms with Crippen molar-refractivity contribution in [2.24, 2.45) is 11.8 Å². The van der Waals surface area contributed by atoms with Crippen LogP contribution in [0, 0.1) is 11.8 Å². The van der Waals surface area contributed by atoms with Crippen molar-refractivity contribution in [3.8, 4) is 11.5 Å². The van der Waals surface area contributed by atoms with Gasteiger partial charge in [-0.1, -0.05) is 19.9 Å². The molecule has 2 aliphatic rings. The first-order chi connectivity index (χ1) is 10.4. The Morgan fingerprint density at radius 1 is 1.27 bits per heavy atom. The fourth-order valence-electron chi connectivity index (χ4n) is 2.62. The zero-order valence-corrected chi connectivity index (χ0v) is 12.6. The van der Waals surface area contributed by atoms with Crippen LogP contribution in [0.5, 0.6) is 11.5 Å². The lowest BCUT2D eigenvalue weighted by atomic mass is 9.84. The summed E-state index contributed by atoms with van der Waals surface area (Å²) in [5.41, 5.74) is 0.743. The first-order valence-electron chi connectivity index (χ1n) is 7.29. The highest BCUT2D eigenvalue weighted by molar-refractivity contribution is 5.89. The molecule has 1 fully saturated rings. The van der Waals surface area contributed by atoms with E-state index in [-0.39, 0.29) is 24.0 Å². The molecule has 1 amide bonds. The predicted molar refractivity (Wildman–Crippen MR) is 77.8 cm³/mol. The summed E-state index contributed by atoms with van der Waals surface area (Å²) in [4.78, 5) is 22.8. The summed E-state index contributed by atoms with van der Waals surface area (Å²) in [7, 11) is 0. The van der Waals surface area contributed by atoms with E-state index in [1.54, 1.807) is 0 Å². The Hall–Kier alpha value is -2.24. The molecule has 0 saturated heterocycles. The minimum Gasteiger partial charge on any atom is -0.481 e. The fraction of sp³-hybridized carbons (Fsp3) is 0.500. The molecule has 1 aromatic rings. The normalized spacial score (nSPS) is 22.3. The maximum atomic E-state index is 12.0. The fourth-order valence-corrected chi connectivity index (χ4v) is 2.62. The monoisotopic (exact) mass is 305 g/mol. The lowest BCUT2D eigenvalue weighted by Crippen LogP contribution is -2.37. The number of carboxylic acids is 1. The van der Waals surface area contributed by atoms with Crippen molar-refractivity contribution < 1.29 is 24.2 Å². The predicted octanol–water partition coefficient (Wildman–Crippen LogP) is 1.53. The van der Waals surface area contributed by atoms with Crippen molar-refractivity contribution in [3.63, 3.8) is 0 Å². The highest BCUT2D eigenvalue weighted by Crippen LogP contribution is 2.39. The molecule has 22 heavy (non-hydrogen) atoms. The van der Waals surface area contributed by atoms with Gasteiger partial charge in [-0.25, -0.2) is 0 Å². The van der Waals surface area contributed by atoms with Gasteiger partial charge in [-0.15, -0.1) is 0 Å². The van der Waals surface area contributed by atoms with Gasteiger partial charge in [0, 0.05) is 12.0 Å². The summed E-state index contributed by atoms with van der Waals surface area (Å²) in [6.45, 7) is 4.71. The number of fused-ring (bicyclic) bond motifs is 1. The molecular formula is C16H19NO5. The van der Waals surface area contributed by atoms with E-state index in [9.17, 15) is 9.59 Å². The number of benzene rings is 1. The quantitative estimate of drug-likeness (QED) is 0.862. The lowest BCUT2D eigenvalue weighted by Gasteiger charge is -2.26. The van der Waals surface area contributed by atoms with E-state index in [2.05, 4.69) is 5.32 Å². The summed E-state index contributed by atoms with van der Waals surface area (Å²) >= 11 is 0. The van der Waals surface area contributed by atoms with Crippen molar-refractivity contribution in [1.82, 2.24) is 5.32 Å². The largest absolute Gasteiger partial charge is 0.481 e. The molecule has 1 heterocycles. The Morgan fingerprint density at radius 2 is 2.00 bits per heavy atom. The molecule has 2 N–H and O–H groups in total. The number of amides is 1. The van der Waals surface area contributed by atoms with E-state index in [0.717, 1.165) is 11.3 Å². The molecule has 1 aliphatic carbocycles. The molecular weight excluding hydrogens is 286 g/mol. The number of carbonyl (C=O) groups excluding carboxylic acids is 1. The first kappa shape index (κ1) is 14.7. The van der Waals surface area contributed by atoms with E-state index in [0.29, 0.717) is 18.7 Å². The van der Waals surface area contributed by atoms with Crippen LogP contribution in [0.25, 0.3) is 0 Å². The summed E-state index contributed by atoms with van der Waals surface area (Å²) in [6.07, 6.45) is 0.436. The van der Waals surface area contributed by atoms with E-state index >= 15 is 0 Å². The average molecular weight is 305 g/mol. The molecule has 6 heteroatoms. The molecule has 2 atom stereocenters. The minimum absolute atomic E-state index is 0.179. The van der Waals surface area contributed by atoms with Crippen molar-refractivity contribution in [2.75, 3.05) is 13.3 Å². The maximum Gasteiger partial charge on any atom is 0.307 e. The van der Waals surface area contributed by atoms with Crippen LogP contribution in [-0.4, -0.2) is 30.3 Å². The molecule has 1 aromatic carbocycles. The molecule has 1 aliphatic heterocycles. The van der Waals surface area contributed by atoms with E-state index < -0.39 is 11.9 Å². The van der Waals surface area contributed by atoms with Crippen LogP contribution in [0.15, 0.2) is 18.2 Å². The van der Waals surface area contributed by atoms with Gasteiger partial charge in [0.05, 0.1) is 11.8 Å². The van der Waals surface area contributed by atoms with Crippen molar-refractivity contribution in [2.45, 2.75) is 25.7 Å². The summed E-state index contributed by atoms with van der Waals surface area (Å²) in [5, 5.41) is 11.7. The highest BCUT2D eigenvalue weighted by atomic mass is 16.7. The number of hydrogen-bond acceptors (Lipinski definition) is 4. The molecule has 118 valence electrons. The van der Waals surface area contributed by atoms with Crippen LogP contribution in [-0.2, 0) is 15.0 Å². The standard InChI is InChI=1S/C16H19NO5/c1-16(2,7-17-14(18)10-6-11(10)15(19)20)9-3-4-12-13(5-9)22-8-21-12/h3-5,10-11H,6-8H2,1-2H3,(H,17,18)(H,19,20)/t10-,11+/m0/s1. The Balaban J connectivity index is 1.61. The van der Waals surface area contributed by atoms with E-state index in [1.807, 2.05) is 32.0 Å². The molecule has 0 spiro atoms. The highest BCUT2D eigenvalue weighted by Gasteiger charge is 2.48. The zero-order valence-electron chi connectivity index (χ0n) is 12.6. The zero-order chi connectivity index (χ0) is 15.9. The second kappa shape index (κ2) is 5.19. The summed E-state index contributed by atoms with van der Waals surface area (Å²) in [5.74, 6) is -0.536. The molecule has 0 radical (unpaired) electrons. The molecule has 0 bridgehead atoms. The molecule has 6 nitrogen and oxygen atoms in total. The Kier molecular flexibility index (Phi) is 3.47. The SMILES string of the molecule is CC(C)(CNC(=O)[C@H]1C[C@H]1C(=O)O)c1ccc2c(c1)OCO2. The summed E-state index contributed by atoms with van der Waals surface area (Å²) in [6, 6.07) is 5.74. The topological polar surface area (TPSA) is 84.9 Å². The van der Waals surface area contributed by atoms with Gasteiger partial charge in [0.2, 0.25) is 12.7 Å². The van der Waals surface area contributed by atoms with Gasteiger partial charge in [0.25, 0.3) is 0 Å². The van der Waals surface area contributed by atoms with Crippen molar-refractivity contribution in [3.05, 3.63) is 23.8 Å². The number of carbonyl (C=O) groups is 2. The smallest absolute Gasteiger partial charge is 0.307 e. The molecule has 3 rings (SSSR count). The second-order valence-corrected chi connectivity index (χ2v) is 6.46. The number of aliphatic carboxylic acids is 1. The van der Waals surface area contributed by atoms with Gasteiger partial charge in [-0.3, -0.25) is 9.59 Å². The third-order valence-corrected chi connectivity index (χ3v) is 4.30. The third kappa shape index (κ3) is 2.73. The number of nitrogens with one attached hydrogen (secondary N) is 1. The Bertz CT molecular complexity index is 625. The van der Waals surface area contributed by atoms with Gasteiger partial charge in [0.15, 0.2) is 11.5 Å². The van der Waals surface area contributed by atoms with Gasteiger partial charge < -0.3 is 19.9 Å². The van der Waals surface area contributed by atoms with E-state index in [4.69, 9.17) is 14.6 Å². The van der Waals surface area contributed by atoms with Crippen LogP contribution in [0.4, 0.5) is 0 Å². The Morgan fingerprint density at radius 3 is 2.68 bits per heavy atom. The van der Waals surface area contributed by atoms with Crippen molar-refractivity contribution >= 4 is 11.9 Å². The number of carboxylic acid groups (broad SMARTS) is 1. The number of rotatable bonds is 5. The van der Waals surface area contributed by atoms with Gasteiger partial charge in [-0.2, -0.15) is 0 Å².